The molecule has 23 heavy (non-hydrogen) atoms. The van der Waals surface area contributed by atoms with Gasteiger partial charge in [0.2, 0.25) is 0 Å². The highest BCUT2D eigenvalue weighted by atomic mass is 32.2. The molecule has 1 aromatic carbocycles. The molecular weight excluding hydrogens is 336 g/mol. The number of nitro benzene ring substituents is 1. The molecule has 0 saturated carbocycles. The van der Waals surface area contributed by atoms with Crippen LogP contribution in [-0.4, -0.2) is 39.3 Å². The number of hydrogen-bond acceptors (Lipinski definition) is 6. The minimum Gasteiger partial charge on any atom is -0.376 e. The molecule has 1 atom stereocenters. The fourth-order valence-corrected chi connectivity index (χ4v) is 3.77. The van der Waals surface area contributed by atoms with Crippen molar-refractivity contribution in [1.29, 1.82) is 0 Å². The largest absolute Gasteiger partial charge is 0.376 e. The van der Waals surface area contributed by atoms with Crippen molar-refractivity contribution >= 4 is 46.0 Å². The van der Waals surface area contributed by atoms with Crippen LogP contribution in [0.5, 0.6) is 0 Å². The number of nitrogens with zero attached hydrogens (tertiary/aromatic N) is 2. The minimum absolute atomic E-state index is 0.0214. The molecule has 8 heteroatoms. The van der Waals surface area contributed by atoms with E-state index in [2.05, 4.69) is 0 Å². The third-order valence-corrected chi connectivity index (χ3v) is 5.06. The highest BCUT2D eigenvalue weighted by Gasteiger charge is 2.34. The van der Waals surface area contributed by atoms with Crippen LogP contribution in [0.15, 0.2) is 29.2 Å². The topological polar surface area (TPSA) is 72.7 Å². The van der Waals surface area contributed by atoms with Crippen molar-refractivity contribution in [3.8, 4) is 0 Å². The Labute approximate surface area is 142 Å². The molecule has 2 fully saturated rings. The number of non-ortho nitro benzene ring substituents is 1. The Hall–Kier alpha value is -1.77. The first-order chi connectivity index (χ1) is 11.0. The molecule has 2 heterocycles. The van der Waals surface area contributed by atoms with E-state index in [9.17, 15) is 14.9 Å². The highest BCUT2D eigenvalue weighted by Crippen LogP contribution is 2.33. The smallest absolute Gasteiger partial charge is 0.269 e. The number of rotatable bonds is 4. The van der Waals surface area contributed by atoms with Gasteiger partial charge in [-0.1, -0.05) is 24.0 Å². The zero-order valence-corrected chi connectivity index (χ0v) is 13.8. The molecule has 0 spiro atoms. The lowest BCUT2D eigenvalue weighted by atomic mass is 10.2. The van der Waals surface area contributed by atoms with Crippen LogP contribution in [-0.2, 0) is 9.53 Å². The minimum atomic E-state index is -0.454. The second-order valence-electron chi connectivity index (χ2n) is 5.28. The number of thioether (sulfide) groups is 1. The van der Waals surface area contributed by atoms with E-state index in [1.165, 1.54) is 23.9 Å². The number of carbonyl (C=O) groups excluding carboxylic acids is 1. The Balaban J connectivity index is 1.73. The monoisotopic (exact) mass is 350 g/mol. The summed E-state index contributed by atoms with van der Waals surface area (Å²) in [7, 11) is 0. The summed E-state index contributed by atoms with van der Waals surface area (Å²) in [5.41, 5.74) is 0.751. The average Bonchev–Trinajstić information content (AvgIpc) is 3.12. The summed E-state index contributed by atoms with van der Waals surface area (Å²) in [5, 5.41) is 10.7. The Kier molecular flexibility index (Phi) is 4.74. The van der Waals surface area contributed by atoms with Crippen molar-refractivity contribution in [2.24, 2.45) is 0 Å². The van der Waals surface area contributed by atoms with Gasteiger partial charge < -0.3 is 4.74 Å². The summed E-state index contributed by atoms with van der Waals surface area (Å²) in [6, 6.07) is 6.06. The Morgan fingerprint density at radius 2 is 2.17 bits per heavy atom. The van der Waals surface area contributed by atoms with E-state index in [0.717, 1.165) is 25.0 Å². The molecule has 0 unspecified atom stereocenters. The molecule has 1 amide bonds. The van der Waals surface area contributed by atoms with E-state index in [1.54, 1.807) is 23.1 Å². The molecule has 3 rings (SSSR count). The molecule has 0 aliphatic carbocycles. The van der Waals surface area contributed by atoms with Gasteiger partial charge in [0.1, 0.15) is 4.32 Å². The van der Waals surface area contributed by atoms with Gasteiger partial charge in [-0.3, -0.25) is 19.8 Å². The molecule has 1 aromatic rings. The van der Waals surface area contributed by atoms with E-state index in [-0.39, 0.29) is 17.7 Å². The molecule has 0 bridgehead atoms. The van der Waals surface area contributed by atoms with Crippen LogP contribution in [0.1, 0.15) is 18.4 Å². The molecule has 0 aromatic heterocycles. The molecule has 0 radical (unpaired) electrons. The number of carbonyl (C=O) groups is 1. The summed E-state index contributed by atoms with van der Waals surface area (Å²) in [4.78, 5) is 24.8. The number of amides is 1. The first kappa shape index (κ1) is 16.1. The number of hydrogen-bond donors (Lipinski definition) is 0. The number of thiocarbonyl (C=S) groups is 1. The van der Waals surface area contributed by atoms with Crippen LogP contribution in [0.4, 0.5) is 5.69 Å². The molecule has 0 N–H and O–H groups in total. The average molecular weight is 350 g/mol. The third-order valence-electron chi connectivity index (χ3n) is 3.69. The number of nitro groups is 1. The van der Waals surface area contributed by atoms with Gasteiger partial charge in [0.05, 0.1) is 22.5 Å². The molecular formula is C15H14N2O4S2. The van der Waals surface area contributed by atoms with Crippen molar-refractivity contribution in [3.05, 3.63) is 44.8 Å². The summed E-state index contributed by atoms with van der Waals surface area (Å²) in [5.74, 6) is -0.131. The van der Waals surface area contributed by atoms with Crippen molar-refractivity contribution in [2.45, 2.75) is 18.9 Å². The third kappa shape index (κ3) is 3.60. The fourth-order valence-electron chi connectivity index (χ4n) is 2.49. The van der Waals surface area contributed by atoms with E-state index in [4.69, 9.17) is 17.0 Å². The van der Waals surface area contributed by atoms with Gasteiger partial charge in [0.25, 0.3) is 11.6 Å². The van der Waals surface area contributed by atoms with Crippen LogP contribution in [0, 0.1) is 10.1 Å². The van der Waals surface area contributed by atoms with Gasteiger partial charge in [0, 0.05) is 18.7 Å². The zero-order valence-electron chi connectivity index (χ0n) is 12.1. The van der Waals surface area contributed by atoms with E-state index in [1.807, 2.05) is 0 Å². The highest BCUT2D eigenvalue weighted by molar-refractivity contribution is 8.26. The van der Waals surface area contributed by atoms with Crippen LogP contribution in [0.3, 0.4) is 0 Å². The van der Waals surface area contributed by atoms with Crippen LogP contribution in [0.2, 0.25) is 0 Å². The molecule has 2 aliphatic rings. The molecule has 2 aliphatic heterocycles. The first-order valence-electron chi connectivity index (χ1n) is 7.16. The van der Waals surface area contributed by atoms with E-state index < -0.39 is 4.92 Å². The Bertz CT molecular complexity index is 681. The van der Waals surface area contributed by atoms with Crippen molar-refractivity contribution in [2.75, 3.05) is 13.2 Å². The lowest BCUT2D eigenvalue weighted by Crippen LogP contribution is -2.35. The molecule has 120 valence electrons. The SMILES string of the molecule is O=C1/C(=C/c2ccc([N+](=O)[O-])cc2)SC(=S)N1C[C@@H]1CCCO1. The van der Waals surface area contributed by atoms with E-state index in [0.29, 0.717) is 15.8 Å². The van der Waals surface area contributed by atoms with Crippen LogP contribution >= 0.6 is 24.0 Å². The lowest BCUT2D eigenvalue weighted by Gasteiger charge is -2.18. The maximum absolute atomic E-state index is 12.5. The van der Waals surface area contributed by atoms with E-state index >= 15 is 0 Å². The zero-order chi connectivity index (χ0) is 16.4. The standard InChI is InChI=1S/C15H14N2O4S2/c18-14-13(8-10-3-5-11(6-4-10)17(19)20)23-15(22)16(14)9-12-2-1-7-21-12/h3-6,8,12H,1-2,7,9H2/b13-8-/t12-/m0/s1. The van der Waals surface area contributed by atoms with Gasteiger partial charge in [-0.15, -0.1) is 0 Å². The van der Waals surface area contributed by atoms with Gasteiger partial charge in [-0.2, -0.15) is 0 Å². The molecule has 6 nitrogen and oxygen atoms in total. The Morgan fingerprint density at radius 3 is 2.78 bits per heavy atom. The van der Waals surface area contributed by atoms with Gasteiger partial charge in [0.15, 0.2) is 0 Å². The summed E-state index contributed by atoms with van der Waals surface area (Å²) in [6.45, 7) is 1.22. The van der Waals surface area contributed by atoms with Gasteiger partial charge in [-0.05, 0) is 36.6 Å². The van der Waals surface area contributed by atoms with Crippen LogP contribution in [0.25, 0.3) is 6.08 Å². The number of benzene rings is 1. The predicted octanol–water partition coefficient (Wildman–Crippen LogP) is 2.98. The second-order valence-corrected chi connectivity index (χ2v) is 6.95. The fraction of sp³-hybridized carbons (Fsp3) is 0.333. The van der Waals surface area contributed by atoms with Crippen molar-refractivity contribution in [3.63, 3.8) is 0 Å². The van der Waals surface area contributed by atoms with Crippen molar-refractivity contribution in [1.82, 2.24) is 4.90 Å². The lowest BCUT2D eigenvalue weighted by molar-refractivity contribution is -0.384. The normalized spacial score (nSPS) is 23.0. The second kappa shape index (κ2) is 6.77. The summed E-state index contributed by atoms with van der Waals surface area (Å²) in [6.07, 6.45) is 3.71. The maximum atomic E-state index is 12.5. The Morgan fingerprint density at radius 1 is 1.43 bits per heavy atom. The maximum Gasteiger partial charge on any atom is 0.269 e. The number of ether oxygens (including phenoxy) is 1. The summed E-state index contributed by atoms with van der Waals surface area (Å²) >= 11 is 6.53. The first-order valence-corrected chi connectivity index (χ1v) is 8.38. The van der Waals surface area contributed by atoms with Crippen molar-refractivity contribution < 1.29 is 14.5 Å². The quantitative estimate of drug-likeness (QED) is 0.360. The van der Waals surface area contributed by atoms with Gasteiger partial charge in [-0.25, -0.2) is 0 Å². The van der Waals surface area contributed by atoms with Crippen LogP contribution < -0.4 is 0 Å². The summed E-state index contributed by atoms with van der Waals surface area (Å²) < 4.78 is 6.08. The van der Waals surface area contributed by atoms with Gasteiger partial charge >= 0.3 is 0 Å². The predicted molar refractivity (Wildman–Crippen MR) is 91.9 cm³/mol. The molecule has 2 saturated heterocycles.